The van der Waals surface area contributed by atoms with Gasteiger partial charge in [-0.25, -0.2) is 4.79 Å². The molecular weight excluding hydrogens is 512 g/mol. The van der Waals surface area contributed by atoms with E-state index in [2.05, 4.69) is 69.3 Å². The van der Waals surface area contributed by atoms with Gasteiger partial charge in [-0.2, -0.15) is 0 Å². The molecule has 0 unspecified atom stereocenters. The average Bonchev–Trinajstić information content (AvgIpc) is 3.21. The molecule has 0 amide bonds. The Morgan fingerprint density at radius 2 is 1.51 bits per heavy atom. The van der Waals surface area contributed by atoms with Gasteiger partial charge in [0.2, 0.25) is 11.9 Å². The zero-order valence-electron chi connectivity index (χ0n) is 23.8. The first kappa shape index (κ1) is 28.0. The lowest BCUT2D eigenvalue weighted by molar-refractivity contribution is -0.247. The molecule has 0 radical (unpaired) electrons. The van der Waals surface area contributed by atoms with Crippen LogP contribution >= 0.6 is 0 Å². The Morgan fingerprint density at radius 1 is 0.923 bits per heavy atom. The second-order valence-corrected chi connectivity index (χ2v) is 17.1. The van der Waals surface area contributed by atoms with Gasteiger partial charge in [-0.05, 0) is 35.2 Å². The first-order valence-electron chi connectivity index (χ1n) is 13.8. The van der Waals surface area contributed by atoms with Crippen LogP contribution in [0, 0.1) is 10.8 Å². The lowest BCUT2D eigenvalue weighted by Crippen LogP contribution is -2.67. The van der Waals surface area contributed by atoms with Gasteiger partial charge < -0.3 is 23.4 Å². The van der Waals surface area contributed by atoms with Gasteiger partial charge in [-0.1, -0.05) is 95.3 Å². The Hall–Kier alpha value is -2.52. The van der Waals surface area contributed by atoms with Crippen molar-refractivity contribution in [3.05, 3.63) is 60.7 Å². The SMILES string of the molecule is CC1(C)[C@@]2(C)CC[C@]1(C(=O)O[C@@H]1CO[C@@H](CO[Si](c3ccccc3)(c3ccccc3)C(C)(C)C)CO1)OC2=O. The molecular formula is C31H40O7Si. The third kappa shape index (κ3) is 4.27. The molecule has 3 fully saturated rings. The molecule has 0 spiro atoms. The van der Waals surface area contributed by atoms with Crippen LogP contribution in [0.25, 0.3) is 0 Å². The van der Waals surface area contributed by atoms with Gasteiger partial charge in [-0.3, -0.25) is 4.79 Å². The van der Waals surface area contributed by atoms with Gasteiger partial charge in [0.25, 0.3) is 8.32 Å². The molecule has 2 saturated heterocycles. The number of hydrogen-bond donors (Lipinski definition) is 0. The van der Waals surface area contributed by atoms with Crippen molar-refractivity contribution in [3.8, 4) is 0 Å². The first-order valence-corrected chi connectivity index (χ1v) is 15.7. The van der Waals surface area contributed by atoms with Crippen LogP contribution in [-0.4, -0.2) is 58.1 Å². The fraction of sp³-hybridized carbons (Fsp3) is 0.548. The van der Waals surface area contributed by atoms with Crippen molar-refractivity contribution in [2.45, 2.75) is 77.4 Å². The number of ether oxygens (including phenoxy) is 4. The monoisotopic (exact) mass is 552 g/mol. The highest BCUT2D eigenvalue weighted by Gasteiger charge is 2.76. The summed E-state index contributed by atoms with van der Waals surface area (Å²) in [5.74, 6) is -0.894. The second-order valence-electron chi connectivity index (χ2n) is 12.8. The number of rotatable bonds is 7. The minimum absolute atomic E-state index is 0.0856. The summed E-state index contributed by atoms with van der Waals surface area (Å²) in [6.07, 6.45) is -0.130. The van der Waals surface area contributed by atoms with Crippen LogP contribution in [0.5, 0.6) is 0 Å². The smallest absolute Gasteiger partial charge is 0.353 e. The van der Waals surface area contributed by atoms with E-state index < -0.39 is 37.0 Å². The fourth-order valence-corrected chi connectivity index (χ4v) is 11.2. The summed E-state index contributed by atoms with van der Waals surface area (Å²) in [7, 11) is -2.70. The maximum atomic E-state index is 13.3. The summed E-state index contributed by atoms with van der Waals surface area (Å²) < 4.78 is 30.4. The molecule has 2 bridgehead atoms. The molecule has 2 heterocycles. The molecule has 5 rings (SSSR count). The van der Waals surface area contributed by atoms with Crippen LogP contribution in [0.2, 0.25) is 5.04 Å². The lowest BCUT2D eigenvalue weighted by atomic mass is 9.66. The molecule has 210 valence electrons. The van der Waals surface area contributed by atoms with E-state index >= 15 is 0 Å². The van der Waals surface area contributed by atoms with Gasteiger partial charge in [0.15, 0.2) is 0 Å². The van der Waals surface area contributed by atoms with E-state index in [4.69, 9.17) is 23.4 Å². The van der Waals surface area contributed by atoms with E-state index in [1.807, 2.05) is 32.9 Å². The Labute approximate surface area is 232 Å². The van der Waals surface area contributed by atoms with Crippen molar-refractivity contribution in [1.29, 1.82) is 0 Å². The van der Waals surface area contributed by atoms with Crippen molar-refractivity contribution in [3.63, 3.8) is 0 Å². The summed E-state index contributed by atoms with van der Waals surface area (Å²) in [6, 6.07) is 20.9. The summed E-state index contributed by atoms with van der Waals surface area (Å²) >= 11 is 0. The van der Waals surface area contributed by atoms with E-state index in [-0.39, 0.29) is 30.3 Å². The summed E-state index contributed by atoms with van der Waals surface area (Å²) in [6.45, 7) is 13.0. The van der Waals surface area contributed by atoms with E-state index in [0.29, 0.717) is 19.4 Å². The van der Waals surface area contributed by atoms with E-state index in [0.717, 1.165) is 0 Å². The number of esters is 2. The number of carbonyl (C=O) groups is 2. The molecule has 0 aromatic heterocycles. The quantitative estimate of drug-likeness (QED) is 0.380. The summed E-state index contributed by atoms with van der Waals surface area (Å²) in [5.41, 5.74) is -2.65. The van der Waals surface area contributed by atoms with Gasteiger partial charge in [0, 0.05) is 5.41 Å². The summed E-state index contributed by atoms with van der Waals surface area (Å²) in [4.78, 5) is 25.9. The van der Waals surface area contributed by atoms with Gasteiger partial charge in [0.05, 0.1) is 18.6 Å². The molecule has 8 heteroatoms. The third-order valence-corrected chi connectivity index (χ3v) is 14.5. The minimum atomic E-state index is -2.70. The molecule has 1 saturated carbocycles. The average molecular weight is 553 g/mol. The van der Waals surface area contributed by atoms with Gasteiger partial charge >= 0.3 is 11.9 Å². The topological polar surface area (TPSA) is 80.3 Å². The maximum absolute atomic E-state index is 13.3. The van der Waals surface area contributed by atoms with E-state index in [1.165, 1.54) is 10.4 Å². The molecule has 7 nitrogen and oxygen atoms in total. The molecule has 2 aromatic rings. The van der Waals surface area contributed by atoms with Crippen LogP contribution in [0.3, 0.4) is 0 Å². The number of fused-ring (bicyclic) bond motifs is 2. The largest absolute Gasteiger partial charge is 0.446 e. The van der Waals surface area contributed by atoms with Crippen molar-refractivity contribution in [2.24, 2.45) is 10.8 Å². The zero-order valence-corrected chi connectivity index (χ0v) is 24.8. The van der Waals surface area contributed by atoms with Crippen LogP contribution in [0.15, 0.2) is 60.7 Å². The second kappa shape index (κ2) is 9.84. The van der Waals surface area contributed by atoms with Crippen molar-refractivity contribution >= 4 is 30.6 Å². The Kier molecular flexibility index (Phi) is 7.07. The molecule has 4 atom stereocenters. The fourth-order valence-electron chi connectivity index (χ4n) is 6.59. The Morgan fingerprint density at radius 3 is 1.95 bits per heavy atom. The molecule has 2 aromatic carbocycles. The Balaban J connectivity index is 1.26. The van der Waals surface area contributed by atoms with Crippen molar-refractivity contribution in [1.82, 2.24) is 0 Å². The van der Waals surface area contributed by atoms with Crippen LogP contribution < -0.4 is 10.4 Å². The maximum Gasteiger partial charge on any atom is 0.353 e. The molecule has 3 aliphatic rings. The highest BCUT2D eigenvalue weighted by Crippen LogP contribution is 2.65. The van der Waals surface area contributed by atoms with Crippen LogP contribution in [0.1, 0.15) is 54.4 Å². The standard InChI is InChI=1S/C31H40O7Si/c1-28(2,3)39(23-13-9-7-10-14-23,24-15-11-8-12-16-24)36-20-22-19-35-25(21-34-22)37-27(33)31-18-17-30(6,26(32)38-31)29(31,4)5/h7-16,22,25H,17-21H2,1-6H3/t22-,25-,30+,31-/m1/s1. The minimum Gasteiger partial charge on any atom is -0.446 e. The predicted octanol–water partition coefficient (Wildman–Crippen LogP) is 3.97. The molecule has 1 aliphatic carbocycles. The predicted molar refractivity (Wildman–Crippen MR) is 149 cm³/mol. The molecule has 39 heavy (non-hydrogen) atoms. The van der Waals surface area contributed by atoms with Crippen molar-refractivity contribution < 1.29 is 33.0 Å². The van der Waals surface area contributed by atoms with Crippen LogP contribution in [-0.2, 0) is 33.0 Å². The van der Waals surface area contributed by atoms with Gasteiger partial charge in [0.1, 0.15) is 12.7 Å². The van der Waals surface area contributed by atoms with Crippen molar-refractivity contribution in [2.75, 3.05) is 19.8 Å². The van der Waals surface area contributed by atoms with E-state index in [1.54, 1.807) is 0 Å². The highest BCUT2D eigenvalue weighted by atomic mass is 28.4. The van der Waals surface area contributed by atoms with Gasteiger partial charge in [-0.15, -0.1) is 0 Å². The summed E-state index contributed by atoms with van der Waals surface area (Å²) in [5, 5.41) is 2.25. The highest BCUT2D eigenvalue weighted by molar-refractivity contribution is 6.99. The van der Waals surface area contributed by atoms with E-state index in [9.17, 15) is 9.59 Å². The molecule has 2 aliphatic heterocycles. The number of benzene rings is 2. The number of hydrogen-bond acceptors (Lipinski definition) is 7. The normalized spacial score (nSPS) is 30.2. The zero-order chi connectivity index (χ0) is 28.1. The number of carbonyl (C=O) groups excluding carboxylic acids is 2. The lowest BCUT2D eigenvalue weighted by Gasteiger charge is -2.44. The molecule has 0 N–H and O–H groups in total. The first-order chi connectivity index (χ1) is 18.4. The van der Waals surface area contributed by atoms with Crippen LogP contribution in [0.4, 0.5) is 0 Å². The third-order valence-electron chi connectivity index (χ3n) is 9.49. The Bertz CT molecular complexity index is 1160.